The van der Waals surface area contributed by atoms with Crippen molar-refractivity contribution in [2.45, 2.75) is 36.8 Å². The van der Waals surface area contributed by atoms with Gasteiger partial charge < -0.3 is 4.90 Å². The molecule has 0 bridgehead atoms. The second-order valence-electron chi connectivity index (χ2n) is 8.10. The summed E-state index contributed by atoms with van der Waals surface area (Å²) in [6.45, 7) is 2.32. The van der Waals surface area contributed by atoms with Crippen molar-refractivity contribution < 1.29 is 13.2 Å². The van der Waals surface area contributed by atoms with E-state index < -0.39 is 15.9 Å². The minimum atomic E-state index is -3.17. The highest BCUT2D eigenvalue weighted by molar-refractivity contribution is 7.98. The first kappa shape index (κ1) is 23.7. The van der Waals surface area contributed by atoms with Crippen LogP contribution in [-0.2, 0) is 22.1 Å². The molecule has 0 saturated carbocycles. The van der Waals surface area contributed by atoms with Crippen molar-refractivity contribution in [1.82, 2.24) is 14.9 Å². The molecule has 1 aliphatic rings. The van der Waals surface area contributed by atoms with Crippen LogP contribution in [0.2, 0.25) is 5.02 Å². The van der Waals surface area contributed by atoms with E-state index in [0.717, 1.165) is 11.1 Å². The van der Waals surface area contributed by atoms with Crippen molar-refractivity contribution in [2.75, 3.05) is 11.5 Å². The van der Waals surface area contributed by atoms with Crippen LogP contribution < -0.4 is 0 Å². The fourth-order valence-corrected chi connectivity index (χ4v) is 6.49. The van der Waals surface area contributed by atoms with Crippen molar-refractivity contribution in [1.29, 1.82) is 0 Å². The number of carbonyl (C=O) groups is 1. The van der Waals surface area contributed by atoms with Crippen molar-refractivity contribution in [3.05, 3.63) is 88.2 Å². The van der Waals surface area contributed by atoms with Crippen LogP contribution in [0.25, 0.3) is 0 Å². The zero-order valence-corrected chi connectivity index (χ0v) is 20.5. The molecule has 9 heteroatoms. The van der Waals surface area contributed by atoms with Crippen LogP contribution in [0, 0.1) is 6.92 Å². The van der Waals surface area contributed by atoms with Crippen molar-refractivity contribution >= 4 is 39.1 Å². The van der Waals surface area contributed by atoms with Crippen LogP contribution in [0.5, 0.6) is 0 Å². The molecule has 1 amide bonds. The lowest BCUT2D eigenvalue weighted by molar-refractivity contribution is 0.0674. The molecule has 1 unspecified atom stereocenters. The lowest BCUT2D eigenvalue weighted by atomic mass is 10.1. The van der Waals surface area contributed by atoms with Gasteiger partial charge in [-0.3, -0.25) is 4.79 Å². The van der Waals surface area contributed by atoms with Crippen LogP contribution >= 0.6 is 23.4 Å². The van der Waals surface area contributed by atoms with Gasteiger partial charge in [-0.1, -0.05) is 83.5 Å². The Balaban J connectivity index is 1.59. The van der Waals surface area contributed by atoms with Gasteiger partial charge in [0.1, 0.15) is 0 Å². The molecule has 1 aliphatic heterocycles. The van der Waals surface area contributed by atoms with E-state index in [0.29, 0.717) is 17.3 Å². The number of benzene rings is 2. The SMILES string of the molecule is Cc1cccc(CSc2ncc(Cl)c(C(=O)N(Cc3ccccc3)C3CCS(=O)(=O)C3)n2)c1. The number of carbonyl (C=O) groups excluding carboxylic acids is 1. The first-order valence-corrected chi connectivity index (χ1v) is 13.8. The summed E-state index contributed by atoms with van der Waals surface area (Å²) in [6, 6.07) is 17.2. The zero-order valence-electron chi connectivity index (χ0n) is 18.1. The van der Waals surface area contributed by atoms with Crippen molar-refractivity contribution in [3.8, 4) is 0 Å². The van der Waals surface area contributed by atoms with Gasteiger partial charge in [0.2, 0.25) is 0 Å². The van der Waals surface area contributed by atoms with E-state index in [1.807, 2.05) is 55.5 Å². The number of rotatable bonds is 7. The summed E-state index contributed by atoms with van der Waals surface area (Å²) < 4.78 is 24.3. The third-order valence-electron chi connectivity index (χ3n) is 5.48. The van der Waals surface area contributed by atoms with Gasteiger partial charge >= 0.3 is 0 Å². The maximum absolute atomic E-state index is 13.6. The summed E-state index contributed by atoms with van der Waals surface area (Å²) in [5.74, 6) is 0.297. The van der Waals surface area contributed by atoms with Gasteiger partial charge in [-0.05, 0) is 24.5 Å². The van der Waals surface area contributed by atoms with Gasteiger partial charge in [0.15, 0.2) is 20.7 Å². The average molecular weight is 502 g/mol. The van der Waals surface area contributed by atoms with E-state index in [1.54, 1.807) is 4.90 Å². The summed E-state index contributed by atoms with van der Waals surface area (Å²) in [7, 11) is -3.17. The summed E-state index contributed by atoms with van der Waals surface area (Å²) in [4.78, 5) is 23.9. The monoisotopic (exact) mass is 501 g/mol. The average Bonchev–Trinajstić information content (AvgIpc) is 3.16. The third-order valence-corrected chi connectivity index (χ3v) is 8.44. The number of thioether (sulfide) groups is 1. The summed E-state index contributed by atoms with van der Waals surface area (Å²) in [5, 5.41) is 0.599. The first-order chi connectivity index (χ1) is 15.8. The Morgan fingerprint density at radius 2 is 1.91 bits per heavy atom. The molecular weight excluding hydrogens is 478 g/mol. The summed E-state index contributed by atoms with van der Waals surface area (Å²) in [5.41, 5.74) is 3.31. The van der Waals surface area contributed by atoms with Crippen LogP contribution in [0.4, 0.5) is 0 Å². The molecule has 33 heavy (non-hydrogen) atoms. The quantitative estimate of drug-likeness (QED) is 0.349. The number of aromatic nitrogens is 2. The fraction of sp³-hybridized carbons (Fsp3) is 0.292. The van der Waals surface area contributed by atoms with Gasteiger partial charge in [-0.25, -0.2) is 18.4 Å². The minimum absolute atomic E-state index is 0.0523. The Labute approximate surface area is 203 Å². The predicted molar refractivity (Wildman–Crippen MR) is 131 cm³/mol. The van der Waals surface area contributed by atoms with E-state index in [4.69, 9.17) is 11.6 Å². The number of hydrogen-bond acceptors (Lipinski definition) is 6. The van der Waals surface area contributed by atoms with Crippen LogP contribution in [0.15, 0.2) is 66.0 Å². The van der Waals surface area contributed by atoms with Gasteiger partial charge in [0, 0.05) is 18.3 Å². The Kier molecular flexibility index (Phi) is 7.36. The van der Waals surface area contributed by atoms with Crippen molar-refractivity contribution in [2.24, 2.45) is 0 Å². The Hall–Kier alpha value is -2.42. The zero-order chi connectivity index (χ0) is 23.4. The molecule has 1 aromatic heterocycles. The number of halogens is 1. The van der Waals surface area contributed by atoms with Crippen molar-refractivity contribution in [3.63, 3.8) is 0 Å². The molecule has 0 aliphatic carbocycles. The van der Waals surface area contributed by atoms with Crippen LogP contribution in [0.3, 0.4) is 0 Å². The van der Waals surface area contributed by atoms with E-state index in [-0.39, 0.29) is 34.7 Å². The second kappa shape index (κ2) is 10.2. The molecule has 1 saturated heterocycles. The van der Waals surface area contributed by atoms with Gasteiger partial charge in [-0.15, -0.1) is 0 Å². The fourth-order valence-electron chi connectivity index (χ4n) is 3.82. The maximum Gasteiger partial charge on any atom is 0.274 e. The van der Waals surface area contributed by atoms with Crippen LogP contribution in [0.1, 0.15) is 33.6 Å². The molecule has 172 valence electrons. The third kappa shape index (κ3) is 6.13. The summed E-state index contributed by atoms with van der Waals surface area (Å²) >= 11 is 7.76. The second-order valence-corrected chi connectivity index (χ2v) is 11.7. The number of hydrogen-bond donors (Lipinski definition) is 0. The minimum Gasteiger partial charge on any atom is -0.329 e. The highest BCUT2D eigenvalue weighted by Gasteiger charge is 2.36. The molecule has 4 rings (SSSR count). The predicted octanol–water partition coefficient (Wildman–Crippen LogP) is 4.56. The smallest absolute Gasteiger partial charge is 0.274 e. The molecule has 0 N–H and O–H groups in total. The highest BCUT2D eigenvalue weighted by atomic mass is 35.5. The Morgan fingerprint density at radius 1 is 1.15 bits per heavy atom. The molecule has 1 atom stereocenters. The molecule has 1 fully saturated rings. The molecule has 2 aromatic carbocycles. The maximum atomic E-state index is 13.6. The van der Waals surface area contributed by atoms with E-state index in [2.05, 4.69) is 16.0 Å². The van der Waals surface area contributed by atoms with E-state index in [9.17, 15) is 13.2 Å². The molecule has 0 radical (unpaired) electrons. The highest BCUT2D eigenvalue weighted by Crippen LogP contribution is 2.26. The number of sulfone groups is 1. The Bertz CT molecular complexity index is 1250. The first-order valence-electron chi connectivity index (χ1n) is 10.6. The Morgan fingerprint density at radius 3 is 2.61 bits per heavy atom. The van der Waals surface area contributed by atoms with E-state index >= 15 is 0 Å². The molecule has 2 heterocycles. The molecule has 0 spiro atoms. The molecule has 6 nitrogen and oxygen atoms in total. The van der Waals surface area contributed by atoms with Crippen LogP contribution in [-0.4, -0.2) is 46.7 Å². The lowest BCUT2D eigenvalue weighted by Crippen LogP contribution is -2.41. The lowest BCUT2D eigenvalue weighted by Gasteiger charge is -2.28. The molecule has 3 aromatic rings. The topological polar surface area (TPSA) is 80.2 Å². The van der Waals surface area contributed by atoms with Gasteiger partial charge in [0.05, 0.1) is 22.7 Å². The standard InChI is InChI=1S/C24H24ClN3O3S2/c1-17-6-5-9-19(12-17)15-32-24-26-13-21(25)22(27-24)23(29)28(14-18-7-3-2-4-8-18)20-10-11-33(30,31)16-20/h2-9,12-13,20H,10-11,14-16H2,1H3. The van der Waals surface area contributed by atoms with Gasteiger partial charge in [0.25, 0.3) is 5.91 Å². The summed E-state index contributed by atoms with van der Waals surface area (Å²) in [6.07, 6.45) is 1.84. The number of nitrogens with zero attached hydrogens (tertiary/aromatic N) is 3. The normalized spacial score (nSPS) is 17.1. The number of aryl methyl sites for hydroxylation is 1. The van der Waals surface area contributed by atoms with Gasteiger partial charge in [-0.2, -0.15) is 0 Å². The molecular formula is C24H24ClN3O3S2. The van der Waals surface area contributed by atoms with E-state index in [1.165, 1.54) is 23.5 Å². The largest absolute Gasteiger partial charge is 0.329 e. The number of amides is 1.